The molecule has 202 valence electrons. The minimum atomic E-state index is -0.914. The molecule has 0 saturated heterocycles. The molecule has 3 N–H and O–H groups in total. The molecule has 1 amide bonds. The van der Waals surface area contributed by atoms with Gasteiger partial charge in [-0.25, -0.2) is 9.97 Å². The highest BCUT2D eigenvalue weighted by molar-refractivity contribution is 7.15. The molecule has 0 aromatic carbocycles. The quantitative estimate of drug-likeness (QED) is 0.249. The van der Waals surface area contributed by atoms with Crippen LogP contribution in [-0.2, 0) is 17.6 Å². The fraction of sp³-hybridized carbons (Fsp3) is 0.346. The standard InChI is InChI=1S/C26H24N10O2S2/c27-13-19-8-2-6-17(29-19)11-21(37)31-25-35-33-23(39-25)15-4-1-5-16(10-15)24-34-36-26(40-24)32-22(38)12-18-7-3-9-20(14-28)30-18/h2-3,6-9,15-16,21,37H,1,4-5,10-12H2,(H,31,35)(H,32,36,38)/t15-,16-,21?/m0/s1. The monoisotopic (exact) mass is 572 g/mol. The van der Waals surface area contributed by atoms with Gasteiger partial charge in [-0.15, -0.1) is 20.4 Å². The van der Waals surface area contributed by atoms with Gasteiger partial charge >= 0.3 is 0 Å². The number of carbonyl (C=O) groups excluding carboxylic acids is 1. The van der Waals surface area contributed by atoms with Crippen LogP contribution in [0.4, 0.5) is 10.3 Å². The molecule has 0 spiro atoms. The van der Waals surface area contributed by atoms with Gasteiger partial charge in [-0.2, -0.15) is 10.5 Å². The second kappa shape index (κ2) is 12.7. The molecule has 4 aromatic heterocycles. The number of pyridine rings is 2. The molecule has 0 radical (unpaired) electrons. The highest BCUT2D eigenvalue weighted by Gasteiger charge is 2.29. The van der Waals surface area contributed by atoms with Gasteiger partial charge in [0.05, 0.1) is 12.1 Å². The second-order valence-electron chi connectivity index (χ2n) is 9.29. The Morgan fingerprint density at radius 1 is 0.925 bits per heavy atom. The third kappa shape index (κ3) is 6.98. The summed E-state index contributed by atoms with van der Waals surface area (Å²) in [5, 5.41) is 54.0. The molecular weight excluding hydrogens is 548 g/mol. The molecule has 1 fully saturated rings. The van der Waals surface area contributed by atoms with E-state index in [1.165, 1.54) is 22.7 Å². The molecule has 0 bridgehead atoms. The van der Waals surface area contributed by atoms with E-state index in [9.17, 15) is 9.90 Å². The summed E-state index contributed by atoms with van der Waals surface area (Å²) in [5.41, 5.74) is 1.69. The summed E-state index contributed by atoms with van der Waals surface area (Å²) in [7, 11) is 0. The Morgan fingerprint density at radius 2 is 1.52 bits per heavy atom. The van der Waals surface area contributed by atoms with Crippen molar-refractivity contribution in [3.05, 3.63) is 69.2 Å². The third-order valence-electron chi connectivity index (χ3n) is 6.38. The van der Waals surface area contributed by atoms with E-state index >= 15 is 0 Å². The van der Waals surface area contributed by atoms with Gasteiger partial charge in [-0.1, -0.05) is 41.2 Å². The van der Waals surface area contributed by atoms with Crippen molar-refractivity contribution >= 4 is 38.8 Å². The van der Waals surface area contributed by atoms with Crippen molar-refractivity contribution in [2.24, 2.45) is 0 Å². The molecular formula is C26H24N10O2S2. The minimum Gasteiger partial charge on any atom is -0.373 e. The molecule has 12 nitrogen and oxygen atoms in total. The van der Waals surface area contributed by atoms with Crippen LogP contribution in [0.25, 0.3) is 0 Å². The van der Waals surface area contributed by atoms with Crippen molar-refractivity contribution in [3.63, 3.8) is 0 Å². The van der Waals surface area contributed by atoms with Crippen LogP contribution < -0.4 is 10.6 Å². The van der Waals surface area contributed by atoms with Crippen LogP contribution in [0.2, 0.25) is 0 Å². The number of aliphatic hydroxyl groups is 1. The van der Waals surface area contributed by atoms with E-state index in [1.54, 1.807) is 36.4 Å². The zero-order valence-corrected chi connectivity index (χ0v) is 22.8. The van der Waals surface area contributed by atoms with Crippen LogP contribution in [-0.4, -0.2) is 47.6 Å². The van der Waals surface area contributed by atoms with Crippen LogP contribution in [0.1, 0.15) is 70.3 Å². The first-order valence-electron chi connectivity index (χ1n) is 12.6. The number of amides is 1. The number of anilines is 2. The molecule has 4 heterocycles. The molecule has 1 aliphatic carbocycles. The Hall–Kier alpha value is -4.37. The lowest BCUT2D eigenvalue weighted by molar-refractivity contribution is -0.115. The molecule has 1 unspecified atom stereocenters. The Kier molecular flexibility index (Phi) is 8.61. The van der Waals surface area contributed by atoms with E-state index < -0.39 is 6.23 Å². The van der Waals surface area contributed by atoms with E-state index in [0.717, 1.165) is 35.7 Å². The summed E-state index contributed by atoms with van der Waals surface area (Å²) in [6.07, 6.45) is 3.16. The van der Waals surface area contributed by atoms with Gasteiger partial charge in [0.2, 0.25) is 16.2 Å². The van der Waals surface area contributed by atoms with Gasteiger partial charge in [-0.05, 0) is 43.5 Å². The van der Waals surface area contributed by atoms with E-state index in [1.807, 2.05) is 12.1 Å². The average Bonchev–Trinajstić information content (AvgIpc) is 3.63. The summed E-state index contributed by atoms with van der Waals surface area (Å²) in [6.45, 7) is 0. The summed E-state index contributed by atoms with van der Waals surface area (Å²) in [6, 6.07) is 14.1. The lowest BCUT2D eigenvalue weighted by atomic mass is 9.82. The number of nitrogens with zero attached hydrogens (tertiary/aromatic N) is 8. The predicted molar refractivity (Wildman–Crippen MR) is 147 cm³/mol. The number of carbonyl (C=O) groups is 1. The SMILES string of the molecule is N#Cc1cccc(CC(=O)Nc2nnc([C@H]3CCC[C@H](c4nnc(NC(O)Cc5cccc(C#N)n5)s4)C3)s2)n1. The summed E-state index contributed by atoms with van der Waals surface area (Å²) < 4.78 is 0. The summed E-state index contributed by atoms with van der Waals surface area (Å²) >= 11 is 2.79. The lowest BCUT2D eigenvalue weighted by Gasteiger charge is -2.25. The largest absolute Gasteiger partial charge is 0.373 e. The van der Waals surface area contributed by atoms with Crippen molar-refractivity contribution in [1.29, 1.82) is 10.5 Å². The van der Waals surface area contributed by atoms with Crippen LogP contribution in [0.15, 0.2) is 36.4 Å². The number of aromatic nitrogens is 6. The normalized spacial score (nSPS) is 17.4. The van der Waals surface area contributed by atoms with Crippen LogP contribution >= 0.6 is 22.7 Å². The fourth-order valence-corrected chi connectivity index (χ4v) is 6.41. The first-order chi connectivity index (χ1) is 19.5. The topological polar surface area (TPSA) is 186 Å². The van der Waals surface area contributed by atoms with Crippen molar-refractivity contribution in [2.75, 3.05) is 10.6 Å². The Labute approximate surface area is 237 Å². The third-order valence-corrected chi connectivity index (χ3v) is 8.40. The highest BCUT2D eigenvalue weighted by atomic mass is 32.1. The summed E-state index contributed by atoms with van der Waals surface area (Å²) in [4.78, 5) is 20.8. The Balaban J connectivity index is 1.15. The maximum absolute atomic E-state index is 12.5. The van der Waals surface area contributed by atoms with Gasteiger partial charge < -0.3 is 15.7 Å². The highest BCUT2D eigenvalue weighted by Crippen LogP contribution is 2.43. The fourth-order valence-electron chi connectivity index (χ4n) is 4.56. The number of hydrogen-bond donors (Lipinski definition) is 3. The van der Waals surface area contributed by atoms with Gasteiger partial charge in [0.25, 0.3) is 0 Å². The van der Waals surface area contributed by atoms with Crippen molar-refractivity contribution < 1.29 is 9.90 Å². The Morgan fingerprint density at radius 3 is 2.20 bits per heavy atom. The van der Waals surface area contributed by atoms with Crippen molar-refractivity contribution in [2.45, 2.75) is 56.6 Å². The number of aliphatic hydroxyl groups excluding tert-OH is 1. The number of nitrogens with one attached hydrogen (secondary N) is 2. The van der Waals surface area contributed by atoms with Crippen molar-refractivity contribution in [1.82, 2.24) is 30.4 Å². The number of hydrogen-bond acceptors (Lipinski definition) is 13. The van der Waals surface area contributed by atoms with E-state index in [-0.39, 0.29) is 36.3 Å². The van der Waals surface area contributed by atoms with E-state index in [2.05, 4.69) is 41.0 Å². The van der Waals surface area contributed by atoms with E-state index in [0.29, 0.717) is 27.3 Å². The zero-order valence-electron chi connectivity index (χ0n) is 21.2. The van der Waals surface area contributed by atoms with Crippen LogP contribution in [0.3, 0.4) is 0 Å². The molecule has 4 aromatic rings. The van der Waals surface area contributed by atoms with Crippen LogP contribution in [0, 0.1) is 22.7 Å². The number of rotatable bonds is 9. The van der Waals surface area contributed by atoms with Crippen molar-refractivity contribution in [3.8, 4) is 12.1 Å². The van der Waals surface area contributed by atoms with E-state index in [4.69, 9.17) is 10.5 Å². The van der Waals surface area contributed by atoms with Gasteiger partial charge in [0, 0.05) is 24.0 Å². The van der Waals surface area contributed by atoms with Gasteiger partial charge in [-0.3, -0.25) is 4.79 Å². The Bertz CT molecular complexity index is 1570. The first kappa shape index (κ1) is 27.2. The molecule has 14 heteroatoms. The molecule has 1 aliphatic rings. The average molecular weight is 573 g/mol. The first-order valence-corrected chi connectivity index (χ1v) is 14.3. The lowest BCUT2D eigenvalue weighted by Crippen LogP contribution is -2.22. The maximum atomic E-state index is 12.5. The smallest absolute Gasteiger partial charge is 0.232 e. The van der Waals surface area contributed by atoms with Crippen LogP contribution in [0.5, 0.6) is 0 Å². The van der Waals surface area contributed by atoms with Gasteiger partial charge in [0.15, 0.2) is 0 Å². The molecule has 3 atom stereocenters. The number of nitriles is 2. The molecule has 5 rings (SSSR count). The van der Waals surface area contributed by atoms with Gasteiger partial charge in [0.1, 0.15) is 39.8 Å². The summed E-state index contributed by atoms with van der Waals surface area (Å²) in [5.74, 6) is 0.134. The molecule has 1 saturated carbocycles. The molecule has 40 heavy (non-hydrogen) atoms. The predicted octanol–water partition coefficient (Wildman–Crippen LogP) is 3.52. The molecule has 0 aliphatic heterocycles. The zero-order chi connectivity index (χ0) is 27.9. The maximum Gasteiger partial charge on any atom is 0.232 e. The minimum absolute atomic E-state index is 0.0425. The second-order valence-corrected chi connectivity index (χ2v) is 11.3.